The number of rotatable bonds is 13. The number of hydrogen-bond donors (Lipinski definition) is 5. The van der Waals surface area contributed by atoms with Crippen LogP contribution < -0.4 is 14.4 Å². The number of aliphatic hydroxyl groups excluding tert-OH is 1. The zero-order chi connectivity index (χ0) is 20.4. The van der Waals surface area contributed by atoms with Gasteiger partial charge in [-0.15, -0.1) is 0 Å². The van der Waals surface area contributed by atoms with Crippen LogP contribution in [0.4, 0.5) is 5.69 Å². The molecule has 0 unspecified atom stereocenters. The Balaban J connectivity index is 3.11. The summed E-state index contributed by atoms with van der Waals surface area (Å²) in [5.41, 5.74) is 0.227. The molecule has 10 nitrogen and oxygen atoms in total. The molecular weight excluding hydrogens is 485 g/mol. The summed E-state index contributed by atoms with van der Waals surface area (Å²) < 4.78 is 36.9. The Bertz CT molecular complexity index is 741. The standard InChI is InChI=1S/C13H18AsNO9S3/c16-3-4-24-11-2-1-9(5-10(11)15-8-27(21,22)23)14(25-6-12(17)18)26-7-13(19)20/h1-2,5,15-16H,3-4,6-8H2,(H,17,18)(H,19,20)(H,21,22,23). The zero-order valence-electron chi connectivity index (χ0n) is 13.8. The number of carbonyl (C=O) groups is 2. The molecule has 0 atom stereocenters. The number of nitrogens with one attached hydrogen (secondary N) is 1. The molecule has 0 spiro atoms. The van der Waals surface area contributed by atoms with Gasteiger partial charge in [0, 0.05) is 0 Å². The summed E-state index contributed by atoms with van der Waals surface area (Å²) in [6.45, 7) is -0.302. The maximum absolute atomic E-state index is 11.0. The fourth-order valence-electron chi connectivity index (χ4n) is 1.63. The van der Waals surface area contributed by atoms with Gasteiger partial charge in [0.2, 0.25) is 0 Å². The van der Waals surface area contributed by atoms with E-state index in [2.05, 4.69) is 5.32 Å². The second-order valence-corrected chi connectivity index (χ2v) is 17.7. The molecule has 152 valence electrons. The number of aliphatic hydroxyl groups is 1. The number of carboxylic acid groups (broad SMARTS) is 2. The van der Waals surface area contributed by atoms with Gasteiger partial charge >= 0.3 is 167 Å². The van der Waals surface area contributed by atoms with Crippen molar-refractivity contribution in [2.75, 3.05) is 35.9 Å². The van der Waals surface area contributed by atoms with E-state index in [4.69, 9.17) is 24.6 Å². The van der Waals surface area contributed by atoms with Crippen LogP contribution in [-0.2, 0) is 19.7 Å². The molecule has 1 aromatic carbocycles. The van der Waals surface area contributed by atoms with Crippen molar-refractivity contribution in [1.82, 2.24) is 0 Å². The van der Waals surface area contributed by atoms with Gasteiger partial charge in [-0.25, -0.2) is 0 Å². The van der Waals surface area contributed by atoms with E-state index in [0.29, 0.717) is 4.35 Å². The first-order chi connectivity index (χ1) is 12.6. The fraction of sp³-hybridized carbons (Fsp3) is 0.385. The second-order valence-electron chi connectivity index (χ2n) is 4.75. The third-order valence-corrected chi connectivity index (χ3v) is 15.8. The third-order valence-electron chi connectivity index (χ3n) is 2.58. The summed E-state index contributed by atoms with van der Waals surface area (Å²) in [6.07, 6.45) is 0. The Labute approximate surface area is 166 Å². The van der Waals surface area contributed by atoms with Crippen molar-refractivity contribution in [2.45, 2.75) is 0 Å². The number of ether oxygens (including phenoxy) is 1. The molecule has 0 saturated heterocycles. The van der Waals surface area contributed by atoms with E-state index in [1.165, 1.54) is 6.07 Å². The Morgan fingerprint density at radius 3 is 2.22 bits per heavy atom. The van der Waals surface area contributed by atoms with E-state index in [9.17, 15) is 18.0 Å². The van der Waals surface area contributed by atoms with Crippen molar-refractivity contribution in [1.29, 1.82) is 0 Å². The van der Waals surface area contributed by atoms with E-state index < -0.39 is 40.3 Å². The van der Waals surface area contributed by atoms with Crippen LogP contribution >= 0.6 is 20.0 Å². The number of anilines is 1. The van der Waals surface area contributed by atoms with Crippen molar-refractivity contribution in [2.24, 2.45) is 0 Å². The van der Waals surface area contributed by atoms with E-state index in [1.54, 1.807) is 12.1 Å². The van der Waals surface area contributed by atoms with Crippen LogP contribution in [0.25, 0.3) is 0 Å². The van der Waals surface area contributed by atoms with Gasteiger partial charge in [0.05, 0.1) is 0 Å². The van der Waals surface area contributed by atoms with Crippen molar-refractivity contribution >= 4 is 64.5 Å². The summed E-state index contributed by atoms with van der Waals surface area (Å²) in [7, 11) is -2.00. The van der Waals surface area contributed by atoms with Crippen molar-refractivity contribution in [3.63, 3.8) is 0 Å². The number of aliphatic carboxylic acids is 2. The first kappa shape index (κ1) is 23.9. The molecule has 5 N–H and O–H groups in total. The summed E-state index contributed by atoms with van der Waals surface area (Å²) in [6, 6.07) is 4.71. The average molecular weight is 503 g/mol. The van der Waals surface area contributed by atoms with Crippen molar-refractivity contribution < 1.29 is 42.6 Å². The summed E-state index contributed by atoms with van der Waals surface area (Å²) in [5, 5.41) is 29.2. The van der Waals surface area contributed by atoms with Crippen LogP contribution in [0.2, 0.25) is 0 Å². The quantitative estimate of drug-likeness (QED) is 0.175. The average Bonchev–Trinajstić information content (AvgIpc) is 2.57. The first-order valence-corrected chi connectivity index (χ1v) is 16.2. The normalized spacial score (nSPS) is 11.4. The molecule has 0 aliphatic heterocycles. The SMILES string of the molecule is O=C(O)CS[As](SCC(=O)O)c1ccc(OCCO)c(NCS(=O)(=O)O)c1. The molecule has 0 heterocycles. The summed E-state index contributed by atoms with van der Waals surface area (Å²) in [4.78, 5) is 21.7. The zero-order valence-corrected chi connectivity index (χ0v) is 18.1. The Morgan fingerprint density at radius 2 is 1.74 bits per heavy atom. The number of hydrogen-bond acceptors (Lipinski definition) is 9. The van der Waals surface area contributed by atoms with Crippen LogP contribution in [0.3, 0.4) is 0 Å². The Morgan fingerprint density at radius 1 is 1.15 bits per heavy atom. The van der Waals surface area contributed by atoms with E-state index in [1.807, 2.05) is 0 Å². The molecule has 0 saturated carbocycles. The fourth-order valence-corrected chi connectivity index (χ4v) is 12.9. The van der Waals surface area contributed by atoms with E-state index in [-0.39, 0.29) is 36.2 Å². The Kier molecular flexibility index (Phi) is 10.3. The summed E-state index contributed by atoms with van der Waals surface area (Å²) >= 11 is -2.21. The molecule has 14 heteroatoms. The monoisotopic (exact) mass is 503 g/mol. The topological polar surface area (TPSA) is 170 Å². The molecule has 0 fully saturated rings. The van der Waals surface area contributed by atoms with Crippen LogP contribution in [0.15, 0.2) is 18.2 Å². The van der Waals surface area contributed by atoms with Gasteiger partial charge < -0.3 is 0 Å². The number of carboxylic acids is 2. The predicted octanol–water partition coefficient (Wildman–Crippen LogP) is -0.354. The molecule has 1 aromatic rings. The second kappa shape index (κ2) is 11.7. The predicted molar refractivity (Wildman–Crippen MR) is 105 cm³/mol. The molecule has 0 amide bonds. The molecule has 1 rings (SSSR count). The molecular formula is C13H18AsNO9S3. The minimum absolute atomic E-state index is 0.0388. The van der Waals surface area contributed by atoms with Crippen LogP contribution in [0, 0.1) is 0 Å². The number of benzene rings is 1. The van der Waals surface area contributed by atoms with Gasteiger partial charge in [-0.1, -0.05) is 0 Å². The van der Waals surface area contributed by atoms with Crippen molar-refractivity contribution in [3.05, 3.63) is 18.2 Å². The van der Waals surface area contributed by atoms with E-state index in [0.717, 1.165) is 20.0 Å². The maximum atomic E-state index is 11.0. The molecule has 0 aliphatic carbocycles. The van der Waals surface area contributed by atoms with Gasteiger partial charge in [-0.2, -0.15) is 0 Å². The molecule has 27 heavy (non-hydrogen) atoms. The summed E-state index contributed by atoms with van der Waals surface area (Å²) in [5.74, 6) is -2.97. The van der Waals surface area contributed by atoms with E-state index >= 15 is 0 Å². The van der Waals surface area contributed by atoms with Gasteiger partial charge in [0.25, 0.3) is 0 Å². The molecule has 0 bridgehead atoms. The first-order valence-electron chi connectivity index (χ1n) is 7.18. The van der Waals surface area contributed by atoms with Crippen LogP contribution in [-0.4, -0.2) is 83.2 Å². The van der Waals surface area contributed by atoms with Gasteiger partial charge in [-0.3, -0.25) is 0 Å². The van der Waals surface area contributed by atoms with Crippen LogP contribution in [0.1, 0.15) is 0 Å². The van der Waals surface area contributed by atoms with Crippen LogP contribution in [0.5, 0.6) is 5.75 Å². The molecule has 0 aromatic heterocycles. The van der Waals surface area contributed by atoms with Crippen molar-refractivity contribution in [3.8, 4) is 5.75 Å². The molecule has 0 aliphatic rings. The minimum atomic E-state index is -4.31. The van der Waals surface area contributed by atoms with Gasteiger partial charge in [-0.05, 0) is 0 Å². The Hall–Kier alpha value is -1.11. The van der Waals surface area contributed by atoms with Gasteiger partial charge in [0.15, 0.2) is 0 Å². The third kappa shape index (κ3) is 10.1. The van der Waals surface area contributed by atoms with Gasteiger partial charge in [0.1, 0.15) is 0 Å². The molecule has 0 radical (unpaired) electrons.